The van der Waals surface area contributed by atoms with Gasteiger partial charge in [0.15, 0.2) is 4.77 Å². The van der Waals surface area contributed by atoms with Gasteiger partial charge in [-0.2, -0.15) is 0 Å². The number of rotatable bonds is 1. The Labute approximate surface area is 113 Å². The summed E-state index contributed by atoms with van der Waals surface area (Å²) in [5.41, 5.74) is 2.44. The van der Waals surface area contributed by atoms with Crippen molar-refractivity contribution in [3.05, 3.63) is 58.4 Å². The maximum atomic E-state index is 13.7. The second-order valence-corrected chi connectivity index (χ2v) is 4.75. The van der Waals surface area contributed by atoms with E-state index >= 15 is 0 Å². The van der Waals surface area contributed by atoms with Gasteiger partial charge in [-0.15, -0.1) is 0 Å². The number of benzene rings is 2. The molecule has 19 heavy (non-hydrogen) atoms. The summed E-state index contributed by atoms with van der Waals surface area (Å²) in [6, 6.07) is 9.16. The van der Waals surface area contributed by atoms with Crippen LogP contribution < -0.4 is 0 Å². The summed E-state index contributed by atoms with van der Waals surface area (Å²) in [5, 5.41) is 0. The van der Waals surface area contributed by atoms with E-state index in [4.69, 9.17) is 12.2 Å². The van der Waals surface area contributed by atoms with Crippen LogP contribution in [0.15, 0.2) is 36.4 Å². The van der Waals surface area contributed by atoms with E-state index in [1.165, 1.54) is 18.2 Å². The fraction of sp³-hybridized carbons (Fsp3) is 0.0714. The summed E-state index contributed by atoms with van der Waals surface area (Å²) in [6.07, 6.45) is 0. The van der Waals surface area contributed by atoms with Crippen LogP contribution in [0.3, 0.4) is 0 Å². The Bertz CT molecular complexity index is 833. The van der Waals surface area contributed by atoms with Gasteiger partial charge < -0.3 is 4.98 Å². The van der Waals surface area contributed by atoms with Crippen LogP contribution in [0.2, 0.25) is 0 Å². The fourth-order valence-electron chi connectivity index (χ4n) is 2.05. The van der Waals surface area contributed by atoms with Crippen LogP contribution in [0.1, 0.15) is 5.56 Å². The van der Waals surface area contributed by atoms with E-state index in [9.17, 15) is 8.78 Å². The van der Waals surface area contributed by atoms with E-state index in [-0.39, 0.29) is 11.6 Å². The lowest BCUT2D eigenvalue weighted by molar-refractivity contribution is 0.617. The quantitative estimate of drug-likeness (QED) is 0.658. The molecule has 0 aliphatic heterocycles. The van der Waals surface area contributed by atoms with Gasteiger partial charge in [0, 0.05) is 6.07 Å². The van der Waals surface area contributed by atoms with E-state index in [0.29, 0.717) is 27.1 Å². The van der Waals surface area contributed by atoms with E-state index in [1.54, 1.807) is 29.7 Å². The molecule has 0 saturated carbocycles. The normalized spacial score (nSPS) is 11.1. The molecule has 0 fully saturated rings. The predicted octanol–water partition coefficient (Wildman–Crippen LogP) is 4.27. The molecule has 96 valence electrons. The Balaban J connectivity index is 2.35. The van der Waals surface area contributed by atoms with Crippen molar-refractivity contribution < 1.29 is 8.78 Å². The lowest BCUT2D eigenvalue weighted by Crippen LogP contribution is -1.96. The summed E-state index contributed by atoms with van der Waals surface area (Å²) >= 11 is 5.22. The highest BCUT2D eigenvalue weighted by Gasteiger charge is 2.09. The molecule has 1 aromatic heterocycles. The summed E-state index contributed by atoms with van der Waals surface area (Å²) in [7, 11) is 0. The first kappa shape index (κ1) is 12.0. The second-order valence-electron chi connectivity index (χ2n) is 4.36. The van der Waals surface area contributed by atoms with Gasteiger partial charge in [-0.3, -0.25) is 4.57 Å². The smallest absolute Gasteiger partial charge is 0.182 e. The van der Waals surface area contributed by atoms with Gasteiger partial charge in [0.2, 0.25) is 0 Å². The minimum absolute atomic E-state index is 0.315. The van der Waals surface area contributed by atoms with Gasteiger partial charge in [-0.25, -0.2) is 8.78 Å². The van der Waals surface area contributed by atoms with Gasteiger partial charge in [0.1, 0.15) is 11.6 Å². The third-order valence-corrected chi connectivity index (χ3v) is 3.34. The molecule has 3 rings (SSSR count). The number of imidazole rings is 1. The monoisotopic (exact) mass is 276 g/mol. The maximum Gasteiger partial charge on any atom is 0.182 e. The molecule has 0 radical (unpaired) electrons. The molecule has 1 heterocycles. The Morgan fingerprint density at radius 3 is 2.63 bits per heavy atom. The summed E-state index contributed by atoms with van der Waals surface area (Å²) in [5.74, 6) is -0.673. The van der Waals surface area contributed by atoms with Crippen LogP contribution in [0.4, 0.5) is 8.78 Å². The Morgan fingerprint density at radius 1 is 1.11 bits per heavy atom. The van der Waals surface area contributed by atoms with Gasteiger partial charge in [-0.05, 0) is 49.0 Å². The van der Waals surface area contributed by atoms with Crippen LogP contribution in [0, 0.1) is 23.3 Å². The average molecular weight is 276 g/mol. The minimum Gasteiger partial charge on any atom is -0.330 e. The summed E-state index contributed by atoms with van der Waals surface area (Å²) in [4.78, 5) is 2.98. The Kier molecular flexibility index (Phi) is 2.71. The SMILES string of the molecule is Cc1ccc(-n2c(=S)[nH]c3ccc(F)cc32)cc1F. The molecule has 5 heteroatoms. The average Bonchev–Trinajstić information content (AvgIpc) is 2.68. The number of nitrogens with one attached hydrogen (secondary N) is 1. The van der Waals surface area contributed by atoms with Crippen LogP contribution >= 0.6 is 12.2 Å². The fourth-order valence-corrected chi connectivity index (χ4v) is 2.37. The molecule has 0 bridgehead atoms. The maximum absolute atomic E-state index is 13.7. The van der Waals surface area contributed by atoms with Gasteiger partial charge in [0.25, 0.3) is 0 Å². The zero-order valence-electron chi connectivity index (χ0n) is 10.1. The molecular formula is C14H10F2N2S. The zero-order valence-corrected chi connectivity index (χ0v) is 10.9. The Hall–Kier alpha value is -2.01. The van der Waals surface area contributed by atoms with E-state index < -0.39 is 0 Å². The van der Waals surface area contributed by atoms with Crippen LogP contribution in [0.25, 0.3) is 16.7 Å². The number of aryl methyl sites for hydroxylation is 1. The number of H-pyrrole nitrogens is 1. The van der Waals surface area contributed by atoms with Crippen molar-refractivity contribution in [2.45, 2.75) is 6.92 Å². The topological polar surface area (TPSA) is 20.7 Å². The molecule has 0 unspecified atom stereocenters. The highest BCUT2D eigenvalue weighted by Crippen LogP contribution is 2.22. The molecule has 0 amide bonds. The highest BCUT2D eigenvalue weighted by atomic mass is 32.1. The van der Waals surface area contributed by atoms with Crippen LogP contribution in [-0.4, -0.2) is 9.55 Å². The lowest BCUT2D eigenvalue weighted by atomic mass is 10.2. The number of aromatic nitrogens is 2. The summed E-state index contributed by atoms with van der Waals surface area (Å²) < 4.78 is 29.0. The highest BCUT2D eigenvalue weighted by molar-refractivity contribution is 7.71. The largest absolute Gasteiger partial charge is 0.330 e. The third-order valence-electron chi connectivity index (χ3n) is 3.06. The molecule has 0 saturated heterocycles. The first-order valence-corrected chi connectivity index (χ1v) is 6.14. The van der Waals surface area contributed by atoms with Crippen molar-refractivity contribution >= 4 is 23.3 Å². The molecule has 2 nitrogen and oxygen atoms in total. The number of fused-ring (bicyclic) bond motifs is 1. The first-order valence-electron chi connectivity index (χ1n) is 5.73. The van der Waals surface area contributed by atoms with Crippen LogP contribution in [-0.2, 0) is 0 Å². The van der Waals surface area contributed by atoms with Crippen molar-refractivity contribution in [3.8, 4) is 5.69 Å². The molecule has 3 aromatic rings. The predicted molar refractivity (Wildman–Crippen MR) is 73.1 cm³/mol. The number of nitrogens with zero attached hydrogens (tertiary/aromatic N) is 1. The van der Waals surface area contributed by atoms with E-state index in [0.717, 1.165) is 0 Å². The van der Waals surface area contributed by atoms with Crippen LogP contribution in [0.5, 0.6) is 0 Å². The number of halogens is 2. The molecule has 0 spiro atoms. The molecular weight excluding hydrogens is 266 g/mol. The first-order chi connectivity index (χ1) is 9.06. The standard InChI is InChI=1S/C14H10F2N2S/c1-8-2-4-10(7-11(8)16)18-13-6-9(15)3-5-12(13)17-14(18)19/h2-7H,1H3,(H,17,19). The Morgan fingerprint density at radius 2 is 1.89 bits per heavy atom. The lowest BCUT2D eigenvalue weighted by Gasteiger charge is -2.06. The van der Waals surface area contributed by atoms with E-state index in [2.05, 4.69) is 4.98 Å². The van der Waals surface area contributed by atoms with Gasteiger partial charge >= 0.3 is 0 Å². The van der Waals surface area contributed by atoms with Crippen molar-refractivity contribution in [1.29, 1.82) is 0 Å². The minimum atomic E-state index is -0.358. The number of aromatic amines is 1. The third kappa shape index (κ3) is 1.96. The summed E-state index contributed by atoms with van der Waals surface area (Å²) in [6.45, 7) is 1.69. The molecule has 0 aliphatic carbocycles. The van der Waals surface area contributed by atoms with Crippen molar-refractivity contribution in [1.82, 2.24) is 9.55 Å². The van der Waals surface area contributed by atoms with Gasteiger partial charge in [-0.1, -0.05) is 6.07 Å². The molecule has 0 atom stereocenters. The number of hydrogen-bond acceptors (Lipinski definition) is 1. The second kappa shape index (κ2) is 4.28. The van der Waals surface area contributed by atoms with Crippen molar-refractivity contribution in [2.24, 2.45) is 0 Å². The number of hydrogen-bond donors (Lipinski definition) is 1. The molecule has 1 N–H and O–H groups in total. The van der Waals surface area contributed by atoms with E-state index in [1.807, 2.05) is 0 Å². The van der Waals surface area contributed by atoms with Crippen molar-refractivity contribution in [2.75, 3.05) is 0 Å². The van der Waals surface area contributed by atoms with Crippen molar-refractivity contribution in [3.63, 3.8) is 0 Å². The van der Waals surface area contributed by atoms with Gasteiger partial charge in [0.05, 0.1) is 16.7 Å². The zero-order chi connectivity index (χ0) is 13.6. The molecule has 0 aliphatic rings. The molecule has 2 aromatic carbocycles.